The molecule has 3 rings (SSSR count). The average molecular weight is 238 g/mol. The van der Waals surface area contributed by atoms with Gasteiger partial charge in [-0.2, -0.15) is 0 Å². The number of hydrogen-bond donors (Lipinski definition) is 1. The Morgan fingerprint density at radius 3 is 3.00 bits per heavy atom. The van der Waals surface area contributed by atoms with Gasteiger partial charge in [0.25, 0.3) is 0 Å². The van der Waals surface area contributed by atoms with Gasteiger partial charge in [0.2, 0.25) is 0 Å². The van der Waals surface area contributed by atoms with Crippen LogP contribution < -0.4 is 4.74 Å². The molecule has 2 aliphatic heterocycles. The fourth-order valence-electron chi connectivity index (χ4n) is 2.74. The van der Waals surface area contributed by atoms with Crippen LogP contribution in [0.5, 0.6) is 5.75 Å². The SMILES string of the molecule is CC1OCCC12CC(O)c1cc(F)ccc1O2. The van der Waals surface area contributed by atoms with Crippen molar-refractivity contribution >= 4 is 0 Å². The molecule has 0 amide bonds. The number of ether oxygens (including phenoxy) is 2. The largest absolute Gasteiger partial charge is 0.484 e. The Balaban J connectivity index is 2.01. The molecule has 0 saturated carbocycles. The van der Waals surface area contributed by atoms with Crippen LogP contribution in [0.25, 0.3) is 0 Å². The molecule has 1 N–H and O–H groups in total. The first-order valence-electron chi connectivity index (χ1n) is 5.89. The van der Waals surface area contributed by atoms with E-state index >= 15 is 0 Å². The molecule has 1 aromatic carbocycles. The molecule has 0 bridgehead atoms. The molecule has 0 radical (unpaired) electrons. The summed E-state index contributed by atoms with van der Waals surface area (Å²) < 4.78 is 24.6. The molecule has 1 saturated heterocycles. The van der Waals surface area contributed by atoms with Crippen molar-refractivity contribution in [2.45, 2.75) is 37.6 Å². The summed E-state index contributed by atoms with van der Waals surface area (Å²) in [4.78, 5) is 0. The third-order valence-electron chi connectivity index (χ3n) is 3.82. The predicted molar refractivity (Wildman–Crippen MR) is 59.4 cm³/mol. The Kier molecular flexibility index (Phi) is 2.38. The summed E-state index contributed by atoms with van der Waals surface area (Å²) in [6.07, 6.45) is 0.501. The highest BCUT2D eigenvalue weighted by atomic mass is 19.1. The molecule has 3 atom stereocenters. The van der Waals surface area contributed by atoms with Gasteiger partial charge in [-0.05, 0) is 25.1 Å². The van der Waals surface area contributed by atoms with Crippen molar-refractivity contribution < 1.29 is 19.0 Å². The van der Waals surface area contributed by atoms with Crippen LogP contribution in [0, 0.1) is 5.82 Å². The number of fused-ring (bicyclic) bond motifs is 1. The molecule has 4 heteroatoms. The number of hydrogen-bond acceptors (Lipinski definition) is 3. The molecule has 1 fully saturated rings. The summed E-state index contributed by atoms with van der Waals surface area (Å²) in [5.41, 5.74) is 0.0827. The zero-order valence-electron chi connectivity index (χ0n) is 9.65. The summed E-state index contributed by atoms with van der Waals surface area (Å²) >= 11 is 0. The predicted octanol–water partition coefficient (Wildman–Crippen LogP) is 2.19. The van der Waals surface area contributed by atoms with E-state index in [1.807, 2.05) is 6.92 Å². The van der Waals surface area contributed by atoms with E-state index in [1.165, 1.54) is 12.1 Å². The van der Waals surface area contributed by atoms with Crippen molar-refractivity contribution in [3.63, 3.8) is 0 Å². The highest BCUT2D eigenvalue weighted by Crippen LogP contribution is 2.45. The summed E-state index contributed by atoms with van der Waals surface area (Å²) in [7, 11) is 0. The molecule has 0 aromatic heterocycles. The van der Waals surface area contributed by atoms with Gasteiger partial charge in [0, 0.05) is 18.4 Å². The van der Waals surface area contributed by atoms with E-state index in [1.54, 1.807) is 6.07 Å². The van der Waals surface area contributed by atoms with E-state index < -0.39 is 11.7 Å². The van der Waals surface area contributed by atoms with Crippen LogP contribution in [0.2, 0.25) is 0 Å². The Bertz CT molecular complexity index is 448. The highest BCUT2D eigenvalue weighted by molar-refractivity contribution is 5.39. The molecule has 17 heavy (non-hydrogen) atoms. The van der Waals surface area contributed by atoms with Crippen LogP contribution in [0.15, 0.2) is 18.2 Å². The monoisotopic (exact) mass is 238 g/mol. The van der Waals surface area contributed by atoms with Crippen molar-refractivity contribution in [3.8, 4) is 5.75 Å². The minimum Gasteiger partial charge on any atom is -0.484 e. The lowest BCUT2D eigenvalue weighted by atomic mass is 9.84. The molecule has 1 spiro atoms. The van der Waals surface area contributed by atoms with E-state index in [9.17, 15) is 9.50 Å². The third-order valence-corrected chi connectivity index (χ3v) is 3.82. The summed E-state index contributed by atoms with van der Waals surface area (Å²) in [6.45, 7) is 2.60. The van der Waals surface area contributed by atoms with Crippen molar-refractivity contribution in [1.82, 2.24) is 0 Å². The molecule has 2 aliphatic rings. The van der Waals surface area contributed by atoms with Crippen molar-refractivity contribution in [2.75, 3.05) is 6.61 Å². The molecule has 3 unspecified atom stereocenters. The number of aliphatic hydroxyl groups is 1. The summed E-state index contributed by atoms with van der Waals surface area (Å²) in [5.74, 6) is 0.223. The van der Waals surface area contributed by atoms with Gasteiger partial charge in [-0.15, -0.1) is 0 Å². The fraction of sp³-hybridized carbons (Fsp3) is 0.538. The van der Waals surface area contributed by atoms with E-state index in [4.69, 9.17) is 9.47 Å². The van der Waals surface area contributed by atoms with Gasteiger partial charge in [-0.1, -0.05) is 0 Å². The molecule has 2 heterocycles. The maximum Gasteiger partial charge on any atom is 0.140 e. The third kappa shape index (κ3) is 1.63. The van der Waals surface area contributed by atoms with E-state index in [0.29, 0.717) is 24.3 Å². The maximum atomic E-state index is 13.1. The second-order valence-electron chi connectivity index (χ2n) is 4.83. The van der Waals surface area contributed by atoms with Gasteiger partial charge in [0.1, 0.15) is 17.2 Å². The lowest BCUT2D eigenvalue weighted by Gasteiger charge is -2.39. The number of benzene rings is 1. The topological polar surface area (TPSA) is 38.7 Å². The van der Waals surface area contributed by atoms with Gasteiger partial charge in [-0.3, -0.25) is 0 Å². The van der Waals surface area contributed by atoms with Crippen LogP contribution in [0.4, 0.5) is 4.39 Å². The van der Waals surface area contributed by atoms with Gasteiger partial charge >= 0.3 is 0 Å². The maximum absolute atomic E-state index is 13.1. The van der Waals surface area contributed by atoms with Gasteiger partial charge < -0.3 is 14.6 Å². The number of aliphatic hydroxyl groups excluding tert-OH is 1. The van der Waals surface area contributed by atoms with Gasteiger partial charge in [-0.25, -0.2) is 4.39 Å². The minimum absolute atomic E-state index is 0.0460. The van der Waals surface area contributed by atoms with Gasteiger partial charge in [0.15, 0.2) is 0 Å². The quantitative estimate of drug-likeness (QED) is 0.753. The van der Waals surface area contributed by atoms with Crippen LogP contribution in [-0.4, -0.2) is 23.4 Å². The molecular formula is C13H15FO3. The first-order valence-corrected chi connectivity index (χ1v) is 5.89. The normalized spacial score (nSPS) is 35.7. The van der Waals surface area contributed by atoms with Crippen LogP contribution in [0.1, 0.15) is 31.4 Å². The van der Waals surface area contributed by atoms with Crippen LogP contribution in [-0.2, 0) is 4.74 Å². The van der Waals surface area contributed by atoms with Crippen LogP contribution in [0.3, 0.4) is 0 Å². The second kappa shape index (κ2) is 3.68. The summed E-state index contributed by atoms with van der Waals surface area (Å²) in [5, 5.41) is 10.1. The first kappa shape index (κ1) is 11.0. The van der Waals surface area contributed by atoms with Crippen LogP contribution >= 0.6 is 0 Å². The van der Waals surface area contributed by atoms with Crippen molar-refractivity contribution in [2.24, 2.45) is 0 Å². The fourth-order valence-corrected chi connectivity index (χ4v) is 2.74. The number of rotatable bonds is 0. The second-order valence-corrected chi connectivity index (χ2v) is 4.83. The van der Waals surface area contributed by atoms with Crippen molar-refractivity contribution in [1.29, 1.82) is 0 Å². The van der Waals surface area contributed by atoms with Crippen molar-refractivity contribution in [3.05, 3.63) is 29.6 Å². The molecule has 92 valence electrons. The van der Waals surface area contributed by atoms with Gasteiger partial charge in [0.05, 0.1) is 18.8 Å². The van der Waals surface area contributed by atoms with E-state index in [2.05, 4.69) is 0 Å². The minimum atomic E-state index is -0.682. The zero-order chi connectivity index (χ0) is 12.0. The highest BCUT2D eigenvalue weighted by Gasteiger charge is 2.48. The molecular weight excluding hydrogens is 223 g/mol. The van der Waals surface area contributed by atoms with E-state index in [0.717, 1.165) is 6.42 Å². The lowest BCUT2D eigenvalue weighted by molar-refractivity contribution is -0.0566. The Morgan fingerprint density at radius 1 is 1.47 bits per heavy atom. The first-order chi connectivity index (χ1) is 8.11. The number of halogens is 1. The standard InChI is InChI=1S/C13H15FO3/c1-8-13(4-5-16-8)7-11(15)10-6-9(14)2-3-12(10)17-13/h2-3,6,8,11,15H,4-5,7H2,1H3. The average Bonchev–Trinajstić information content (AvgIpc) is 2.62. The van der Waals surface area contributed by atoms with E-state index in [-0.39, 0.29) is 11.9 Å². The summed E-state index contributed by atoms with van der Waals surface area (Å²) in [6, 6.07) is 4.28. The Morgan fingerprint density at radius 2 is 2.29 bits per heavy atom. The smallest absolute Gasteiger partial charge is 0.140 e. The zero-order valence-corrected chi connectivity index (χ0v) is 9.65. The Hall–Kier alpha value is -1.13. The Labute approximate surface area is 99.2 Å². The molecule has 1 aromatic rings. The lowest BCUT2D eigenvalue weighted by Crippen LogP contribution is -2.46. The molecule has 3 nitrogen and oxygen atoms in total. The molecule has 0 aliphatic carbocycles.